The lowest BCUT2D eigenvalue weighted by Gasteiger charge is -2.09. The molecule has 0 aliphatic carbocycles. The van der Waals surface area contributed by atoms with Crippen molar-refractivity contribution in [2.45, 2.75) is 30.6 Å². The molecule has 3 rings (SSSR count). The number of halogens is 2. The maximum atomic E-state index is 12.3. The van der Waals surface area contributed by atoms with Gasteiger partial charge in [-0.05, 0) is 37.1 Å². The summed E-state index contributed by atoms with van der Waals surface area (Å²) in [6, 6.07) is 12.5. The van der Waals surface area contributed by atoms with Gasteiger partial charge in [-0.15, -0.1) is 0 Å². The first-order chi connectivity index (χ1) is 12.5. The van der Waals surface area contributed by atoms with Crippen LogP contribution in [0.15, 0.2) is 47.4 Å². The lowest BCUT2D eigenvalue weighted by atomic mass is 10.2. The van der Waals surface area contributed by atoms with E-state index in [0.29, 0.717) is 6.54 Å². The van der Waals surface area contributed by atoms with Crippen molar-refractivity contribution in [2.24, 2.45) is 0 Å². The molecule has 0 saturated carbocycles. The molecular formula is C18H19Cl2N3O2S. The normalized spacial score (nSPS) is 11.9. The largest absolute Gasteiger partial charge is 0.342 e. The number of aromatic nitrogens is 2. The van der Waals surface area contributed by atoms with E-state index < -0.39 is 10.0 Å². The molecule has 0 saturated heterocycles. The first kappa shape index (κ1) is 19.2. The van der Waals surface area contributed by atoms with Crippen LogP contribution in [-0.4, -0.2) is 24.9 Å². The second-order valence-corrected chi connectivity index (χ2v) is 8.48. The second kappa shape index (κ2) is 8.39. The van der Waals surface area contributed by atoms with Crippen molar-refractivity contribution >= 4 is 44.3 Å². The Kier molecular flexibility index (Phi) is 6.19. The highest BCUT2D eigenvalue weighted by Gasteiger charge is 2.18. The summed E-state index contributed by atoms with van der Waals surface area (Å²) in [6.45, 7) is 0.352. The Balaban J connectivity index is 1.44. The van der Waals surface area contributed by atoms with E-state index in [-0.39, 0.29) is 14.9 Å². The van der Waals surface area contributed by atoms with Gasteiger partial charge in [-0.2, -0.15) is 0 Å². The molecule has 138 valence electrons. The zero-order valence-electron chi connectivity index (χ0n) is 14.0. The highest BCUT2D eigenvalue weighted by Crippen LogP contribution is 2.28. The summed E-state index contributed by atoms with van der Waals surface area (Å²) in [7, 11) is -3.66. The van der Waals surface area contributed by atoms with E-state index in [1.807, 2.05) is 24.3 Å². The Labute approximate surface area is 162 Å². The molecule has 1 aromatic heterocycles. The van der Waals surface area contributed by atoms with Gasteiger partial charge in [-0.25, -0.2) is 18.1 Å². The van der Waals surface area contributed by atoms with Crippen molar-refractivity contribution in [3.8, 4) is 0 Å². The molecule has 0 radical (unpaired) electrons. The molecule has 26 heavy (non-hydrogen) atoms. The van der Waals surface area contributed by atoms with Crippen molar-refractivity contribution in [1.29, 1.82) is 0 Å². The molecule has 8 heteroatoms. The van der Waals surface area contributed by atoms with Gasteiger partial charge in [-0.3, -0.25) is 0 Å². The van der Waals surface area contributed by atoms with Gasteiger partial charge in [0.1, 0.15) is 10.7 Å². The van der Waals surface area contributed by atoms with E-state index in [4.69, 9.17) is 23.2 Å². The standard InChI is InChI=1S/C18H19Cl2N3O2S/c19-13-7-6-10-16(18(13)20)26(24,25)21-12-5-1-2-11-17-22-14-8-3-4-9-15(14)23-17/h3-4,6-10,21H,1-2,5,11-12H2,(H,22,23). The Bertz CT molecular complexity index is 970. The molecule has 2 aromatic carbocycles. The Morgan fingerprint density at radius 3 is 2.62 bits per heavy atom. The number of aryl methyl sites for hydroxylation is 1. The van der Waals surface area contributed by atoms with Crippen molar-refractivity contribution in [1.82, 2.24) is 14.7 Å². The minimum atomic E-state index is -3.66. The number of H-pyrrole nitrogens is 1. The molecule has 0 aliphatic rings. The fourth-order valence-electron chi connectivity index (χ4n) is 2.69. The van der Waals surface area contributed by atoms with Crippen molar-refractivity contribution in [3.05, 3.63) is 58.3 Å². The third kappa shape index (κ3) is 4.57. The Morgan fingerprint density at radius 1 is 1.00 bits per heavy atom. The molecule has 0 fully saturated rings. The number of aromatic amines is 1. The molecule has 3 aromatic rings. The highest BCUT2D eigenvalue weighted by atomic mass is 35.5. The van der Waals surface area contributed by atoms with Gasteiger partial charge in [0.05, 0.1) is 21.1 Å². The number of hydrogen-bond donors (Lipinski definition) is 2. The average Bonchev–Trinajstić information content (AvgIpc) is 3.03. The summed E-state index contributed by atoms with van der Waals surface area (Å²) in [4.78, 5) is 7.84. The number of para-hydroxylation sites is 2. The molecule has 0 amide bonds. The number of imidazole rings is 1. The smallest absolute Gasteiger partial charge is 0.242 e. The predicted octanol–water partition coefficient (Wildman–Crippen LogP) is 4.56. The molecule has 0 aliphatic heterocycles. The van der Waals surface area contributed by atoms with Crippen LogP contribution >= 0.6 is 23.2 Å². The SMILES string of the molecule is O=S(=O)(NCCCCCc1nc2ccccc2[nH]1)c1cccc(Cl)c1Cl. The molecule has 5 nitrogen and oxygen atoms in total. The van der Waals surface area contributed by atoms with E-state index >= 15 is 0 Å². The van der Waals surface area contributed by atoms with Crippen molar-refractivity contribution in [2.75, 3.05) is 6.54 Å². The van der Waals surface area contributed by atoms with Gasteiger partial charge >= 0.3 is 0 Å². The first-order valence-corrected chi connectivity index (χ1v) is 10.6. The van der Waals surface area contributed by atoms with Crippen LogP contribution in [0.4, 0.5) is 0 Å². The van der Waals surface area contributed by atoms with Crippen LogP contribution in [0.3, 0.4) is 0 Å². The van der Waals surface area contributed by atoms with Gasteiger partial charge in [0.15, 0.2) is 0 Å². The minimum Gasteiger partial charge on any atom is -0.342 e. The maximum absolute atomic E-state index is 12.3. The van der Waals surface area contributed by atoms with E-state index in [2.05, 4.69) is 14.7 Å². The summed E-state index contributed by atoms with van der Waals surface area (Å²) in [5.41, 5.74) is 2.00. The molecule has 0 unspecified atom stereocenters. The highest BCUT2D eigenvalue weighted by molar-refractivity contribution is 7.89. The molecular weight excluding hydrogens is 393 g/mol. The van der Waals surface area contributed by atoms with Gasteiger partial charge in [0.2, 0.25) is 10.0 Å². The summed E-state index contributed by atoms with van der Waals surface area (Å²) < 4.78 is 27.1. The van der Waals surface area contributed by atoms with Crippen LogP contribution in [0, 0.1) is 0 Å². The van der Waals surface area contributed by atoms with Gasteiger partial charge < -0.3 is 4.98 Å². The number of fused-ring (bicyclic) bond motifs is 1. The van der Waals surface area contributed by atoms with E-state index in [1.54, 1.807) is 12.1 Å². The number of nitrogens with zero attached hydrogens (tertiary/aromatic N) is 1. The zero-order chi connectivity index (χ0) is 18.6. The number of sulfonamides is 1. The van der Waals surface area contributed by atoms with E-state index in [0.717, 1.165) is 42.5 Å². The number of hydrogen-bond acceptors (Lipinski definition) is 3. The van der Waals surface area contributed by atoms with Crippen molar-refractivity contribution < 1.29 is 8.42 Å². The van der Waals surface area contributed by atoms with Crippen molar-refractivity contribution in [3.63, 3.8) is 0 Å². The van der Waals surface area contributed by atoms with Crippen LogP contribution in [0.2, 0.25) is 10.0 Å². The van der Waals surface area contributed by atoms with Crippen LogP contribution in [0.25, 0.3) is 11.0 Å². The number of benzene rings is 2. The lowest BCUT2D eigenvalue weighted by molar-refractivity contribution is 0.573. The number of rotatable bonds is 8. The summed E-state index contributed by atoms with van der Waals surface area (Å²) >= 11 is 11.9. The summed E-state index contributed by atoms with van der Waals surface area (Å²) in [5.74, 6) is 0.956. The molecule has 0 spiro atoms. The fraction of sp³-hybridized carbons (Fsp3) is 0.278. The fourth-order valence-corrected chi connectivity index (χ4v) is 4.53. The lowest BCUT2D eigenvalue weighted by Crippen LogP contribution is -2.25. The third-order valence-corrected chi connectivity index (χ3v) is 6.46. The maximum Gasteiger partial charge on any atom is 0.242 e. The Hall–Kier alpha value is -1.60. The number of unbranched alkanes of at least 4 members (excludes halogenated alkanes) is 2. The third-order valence-electron chi connectivity index (χ3n) is 4.03. The van der Waals surface area contributed by atoms with Crippen LogP contribution in [0.1, 0.15) is 25.1 Å². The van der Waals surface area contributed by atoms with Crippen LogP contribution < -0.4 is 4.72 Å². The van der Waals surface area contributed by atoms with Gasteiger partial charge in [0, 0.05) is 13.0 Å². The monoisotopic (exact) mass is 411 g/mol. The molecule has 2 N–H and O–H groups in total. The molecule has 0 bridgehead atoms. The molecule has 0 atom stereocenters. The Morgan fingerprint density at radius 2 is 1.81 bits per heavy atom. The number of nitrogens with one attached hydrogen (secondary N) is 2. The minimum absolute atomic E-state index is 0.00828. The molecule has 1 heterocycles. The second-order valence-electron chi connectivity index (χ2n) is 5.96. The first-order valence-electron chi connectivity index (χ1n) is 8.35. The zero-order valence-corrected chi connectivity index (χ0v) is 16.3. The average molecular weight is 412 g/mol. The van der Waals surface area contributed by atoms with E-state index in [1.165, 1.54) is 6.07 Å². The topological polar surface area (TPSA) is 74.8 Å². The quantitative estimate of drug-likeness (QED) is 0.533. The summed E-state index contributed by atoms with van der Waals surface area (Å²) in [5, 5.41) is 0.270. The van der Waals surface area contributed by atoms with Gasteiger partial charge in [-0.1, -0.05) is 47.8 Å². The van der Waals surface area contributed by atoms with Crippen LogP contribution in [-0.2, 0) is 16.4 Å². The summed E-state index contributed by atoms with van der Waals surface area (Å²) in [6.07, 6.45) is 3.39. The van der Waals surface area contributed by atoms with E-state index in [9.17, 15) is 8.42 Å². The van der Waals surface area contributed by atoms with Crippen LogP contribution in [0.5, 0.6) is 0 Å². The predicted molar refractivity (Wildman–Crippen MR) is 105 cm³/mol. The van der Waals surface area contributed by atoms with Gasteiger partial charge in [0.25, 0.3) is 0 Å².